The van der Waals surface area contributed by atoms with Crippen LogP contribution in [0.25, 0.3) is 0 Å². The number of ether oxygens (including phenoxy) is 1. The summed E-state index contributed by atoms with van der Waals surface area (Å²) in [5.41, 5.74) is -1.57. The van der Waals surface area contributed by atoms with Crippen LogP contribution in [0.15, 0.2) is 12.2 Å². The molecule has 582 valence electrons. The summed E-state index contributed by atoms with van der Waals surface area (Å²) in [6.45, 7) is 9.63. The molecule has 1 spiro atoms. The number of hydrogen-bond donors (Lipinski definition) is 3. The van der Waals surface area contributed by atoms with Crippen molar-refractivity contribution in [2.24, 2.45) is 29.6 Å². The van der Waals surface area contributed by atoms with Crippen LogP contribution in [0, 0.1) is 29.6 Å². The smallest absolute Gasteiger partial charge is 0.377 e. The second-order valence-electron chi connectivity index (χ2n) is 30.1. The van der Waals surface area contributed by atoms with Crippen LogP contribution in [0.1, 0.15) is 183 Å². The van der Waals surface area contributed by atoms with Crippen LogP contribution in [0.5, 0.6) is 0 Å². The van der Waals surface area contributed by atoms with Gasteiger partial charge < -0.3 is 64.8 Å². The van der Waals surface area contributed by atoms with Gasteiger partial charge in [0.1, 0.15) is 53.9 Å². The Labute approximate surface area is 617 Å². The molecule has 0 aromatic carbocycles. The normalized spacial score (nSPS) is 31.1. The molecule has 3 N–H and O–H groups in total. The number of nitrogens with zero attached hydrogens (tertiary/aromatic N) is 9. The van der Waals surface area contributed by atoms with Crippen molar-refractivity contribution < 1.29 is 75.4 Å². The van der Waals surface area contributed by atoms with Gasteiger partial charge in [-0.05, 0) is 133 Å². The SMILES string of the molecule is CCC[C@H]1C(=O)N[C@@H]([C@@H](C)CC)C(=O)N(C)CC(=O)N(C)[C@H]2C/C=C\CCN(C2=O)[C@@H](CC2CCC(C(F)(F)F)CC2)C(=O)N(C)CC(=O)N[C@@H](CCC2CCC(Cl)C(Cl)C2)C(=O)N2C[C@H](OCC)C[C@H]2C(=O)NC2(CCC2)C(=O)N(C)[C@@H](C(CC)CC)C(=O)N(C)[C@H](C(=O)N(C)C)CC(=O)N1C. The summed E-state index contributed by atoms with van der Waals surface area (Å²) in [4.78, 5) is 192. The van der Waals surface area contributed by atoms with Crippen LogP contribution < -0.4 is 16.0 Å². The highest BCUT2D eigenvalue weighted by atomic mass is 35.5. The molecule has 6 aliphatic rings. The standard InChI is InChI=1S/C73H117Cl2F3N12O13/c1-15-24-53-63(94)80-61(44(6)16-2)69(100)84(10)43-60(93)86(12)54-25-21-20-22-36-89(68(54)99)57(38-46-26-30-48(31-27-46)73(76,77)78)67(98)83(9)42-58(91)79-52(33-29-45-28-32-50(74)51(75)37-45)65(96)90-41-49(103-19-5)39-55(90)64(95)81-72(34-23-35-72)71(102)88(14)62(47(17-3)18-4)70(101)87(13)56(66(97)82(7)8)40-59(92)85(53)11/h20-21,44-57,61-62H,15-19,22-43H2,1-14H3,(H,79,91)(H,80,94)(H,81,95)/b21-20-/t44-,45?,46?,48?,49+,50?,51?,52-,53-,54-,55-,56-,57-,61-,62-/m0/s1. The average molecular weight is 1500 g/mol. The van der Waals surface area contributed by atoms with Crippen molar-refractivity contribution in [3.63, 3.8) is 0 Å². The molecular weight excluding hydrogens is 1380 g/mol. The van der Waals surface area contributed by atoms with Crippen molar-refractivity contribution >= 4 is 94.1 Å². The first-order valence-corrected chi connectivity index (χ1v) is 38.3. The highest BCUT2D eigenvalue weighted by Gasteiger charge is 2.54. The molecule has 3 heterocycles. The molecule has 0 radical (unpaired) electrons. The van der Waals surface area contributed by atoms with Crippen molar-refractivity contribution in [3.8, 4) is 0 Å². The predicted molar refractivity (Wildman–Crippen MR) is 383 cm³/mol. The van der Waals surface area contributed by atoms with Crippen molar-refractivity contribution in [1.82, 2.24) is 60.0 Å². The maximum atomic E-state index is 15.6. The number of carbonyl (C=O) groups is 12. The lowest BCUT2D eigenvalue weighted by molar-refractivity contribution is -0.184. The van der Waals surface area contributed by atoms with Crippen LogP contribution in [-0.4, -0.2) is 281 Å². The van der Waals surface area contributed by atoms with Gasteiger partial charge >= 0.3 is 6.18 Å². The molecule has 2 saturated heterocycles. The fourth-order valence-corrected chi connectivity index (χ4v) is 16.5. The number of amides is 12. The van der Waals surface area contributed by atoms with Gasteiger partial charge in [0.2, 0.25) is 70.9 Å². The molecule has 12 amide bonds. The minimum atomic E-state index is -4.44. The van der Waals surface area contributed by atoms with Gasteiger partial charge in [-0.25, -0.2) is 0 Å². The van der Waals surface area contributed by atoms with E-state index in [-0.39, 0.29) is 113 Å². The number of hydrogen-bond acceptors (Lipinski definition) is 13. The van der Waals surface area contributed by atoms with Gasteiger partial charge in [0.05, 0.1) is 36.9 Å². The molecule has 13 atom stereocenters. The Kier molecular flexibility index (Phi) is 31.8. The van der Waals surface area contributed by atoms with Gasteiger partial charge in [0, 0.05) is 87.9 Å². The van der Waals surface area contributed by atoms with Gasteiger partial charge in [-0.2, -0.15) is 13.2 Å². The van der Waals surface area contributed by atoms with Crippen LogP contribution in [0.3, 0.4) is 0 Å². The number of fused-ring (bicyclic) bond motifs is 3. The summed E-state index contributed by atoms with van der Waals surface area (Å²) >= 11 is 13.3. The van der Waals surface area contributed by atoms with E-state index in [1.807, 2.05) is 20.8 Å². The largest absolute Gasteiger partial charge is 0.391 e. The first kappa shape index (κ1) is 85.6. The fourth-order valence-electron chi connectivity index (χ4n) is 15.9. The molecule has 30 heteroatoms. The van der Waals surface area contributed by atoms with Crippen molar-refractivity contribution in [1.29, 1.82) is 0 Å². The lowest BCUT2D eigenvalue weighted by atomic mass is 9.74. The number of alkyl halides is 5. The van der Waals surface area contributed by atoms with Crippen molar-refractivity contribution in [2.45, 2.75) is 260 Å². The topological polar surface area (TPSA) is 279 Å². The highest BCUT2D eigenvalue weighted by Crippen LogP contribution is 2.42. The summed E-state index contributed by atoms with van der Waals surface area (Å²) in [5, 5.41) is 8.15. The molecule has 3 aliphatic carbocycles. The Morgan fingerprint density at radius 2 is 1.30 bits per heavy atom. The monoisotopic (exact) mass is 1500 g/mol. The second-order valence-corrected chi connectivity index (χ2v) is 31.2. The van der Waals surface area contributed by atoms with Gasteiger partial charge in [0.25, 0.3) is 0 Å². The fraction of sp³-hybridized carbons (Fsp3) is 0.808. The lowest BCUT2D eigenvalue weighted by Gasteiger charge is -2.47. The van der Waals surface area contributed by atoms with Crippen molar-refractivity contribution in [3.05, 3.63) is 12.2 Å². The quantitative estimate of drug-likeness (QED) is 0.124. The minimum Gasteiger partial charge on any atom is -0.377 e. The number of halogens is 5. The second kappa shape index (κ2) is 38.3. The van der Waals surface area contributed by atoms with Crippen LogP contribution in [0.2, 0.25) is 0 Å². The van der Waals surface area contributed by atoms with E-state index in [4.69, 9.17) is 27.9 Å². The number of nitrogens with one attached hydrogen (secondary N) is 3. The average Bonchev–Trinajstić information content (AvgIpc) is 1.67. The third-order valence-electron chi connectivity index (χ3n) is 23.0. The van der Waals surface area contributed by atoms with Crippen molar-refractivity contribution in [2.75, 3.05) is 89.2 Å². The number of carbonyl (C=O) groups excluding carboxylic acids is 12. The lowest BCUT2D eigenvalue weighted by Crippen LogP contribution is -2.68. The first-order chi connectivity index (χ1) is 48.5. The van der Waals surface area contributed by atoms with Crippen LogP contribution >= 0.6 is 23.2 Å². The molecule has 6 rings (SSSR count). The molecule has 3 saturated carbocycles. The van der Waals surface area contributed by atoms with Gasteiger partial charge in [-0.1, -0.05) is 72.5 Å². The summed E-state index contributed by atoms with van der Waals surface area (Å²) < 4.78 is 48.4. The Morgan fingerprint density at radius 3 is 1.87 bits per heavy atom. The summed E-state index contributed by atoms with van der Waals surface area (Å²) in [6.07, 6.45) is 2.37. The Morgan fingerprint density at radius 1 is 0.660 bits per heavy atom. The van der Waals surface area contributed by atoms with E-state index >= 15 is 28.8 Å². The molecular formula is C73H117Cl2F3N12O13. The Hall–Kier alpha value is -6.29. The Bertz CT molecular complexity index is 3020. The molecule has 0 aromatic rings. The van der Waals surface area contributed by atoms with E-state index in [0.717, 1.165) is 14.7 Å². The number of rotatable bonds is 15. The van der Waals surface area contributed by atoms with E-state index < -0.39 is 180 Å². The van der Waals surface area contributed by atoms with Crippen LogP contribution in [-0.2, 0) is 62.3 Å². The highest BCUT2D eigenvalue weighted by molar-refractivity contribution is 6.30. The maximum absolute atomic E-state index is 15.6. The maximum Gasteiger partial charge on any atom is 0.391 e. The number of likely N-dealkylation sites (N-methyl/N-ethyl adjacent to an activating group) is 7. The van der Waals surface area contributed by atoms with E-state index in [2.05, 4.69) is 16.0 Å². The zero-order chi connectivity index (χ0) is 76.7. The molecule has 3 unspecified atom stereocenters. The van der Waals surface area contributed by atoms with Gasteiger partial charge in [0.15, 0.2) is 0 Å². The van der Waals surface area contributed by atoms with E-state index in [9.17, 15) is 41.9 Å². The molecule has 103 heavy (non-hydrogen) atoms. The molecule has 25 nitrogen and oxygen atoms in total. The third kappa shape index (κ3) is 21.3. The zero-order valence-corrected chi connectivity index (χ0v) is 64.7. The minimum absolute atomic E-state index is 0.000173. The summed E-state index contributed by atoms with van der Waals surface area (Å²) in [6, 6.07) is -10.3. The van der Waals surface area contributed by atoms with E-state index in [0.29, 0.717) is 57.8 Å². The van der Waals surface area contributed by atoms with E-state index in [1.165, 1.54) is 85.8 Å². The van der Waals surface area contributed by atoms with Crippen LogP contribution in [0.4, 0.5) is 13.2 Å². The zero-order valence-electron chi connectivity index (χ0n) is 63.2. The molecule has 2 bridgehead atoms. The molecule has 0 aromatic heterocycles. The Balaban J connectivity index is 1.47. The molecule has 5 fully saturated rings. The first-order valence-electron chi connectivity index (χ1n) is 37.4. The summed E-state index contributed by atoms with van der Waals surface area (Å²) in [7, 11) is 11.3. The predicted octanol–water partition coefficient (Wildman–Crippen LogP) is 6.10. The van der Waals surface area contributed by atoms with Gasteiger partial charge in [-0.3, -0.25) is 57.5 Å². The molecule has 3 aliphatic heterocycles. The van der Waals surface area contributed by atoms with Gasteiger partial charge in [-0.15, -0.1) is 23.2 Å². The summed E-state index contributed by atoms with van der Waals surface area (Å²) in [5.74, 6) is -11.3. The third-order valence-corrected chi connectivity index (χ3v) is 24.1. The van der Waals surface area contributed by atoms with E-state index in [1.54, 1.807) is 32.9 Å².